The lowest BCUT2D eigenvalue weighted by atomic mass is 10.1. The van der Waals surface area contributed by atoms with E-state index >= 15 is 0 Å². The van der Waals surface area contributed by atoms with Crippen molar-refractivity contribution in [2.75, 3.05) is 5.32 Å². The molecule has 122 valence electrons. The van der Waals surface area contributed by atoms with E-state index in [-0.39, 0.29) is 30.3 Å². The third kappa shape index (κ3) is 4.27. The van der Waals surface area contributed by atoms with E-state index in [0.29, 0.717) is 0 Å². The summed E-state index contributed by atoms with van der Waals surface area (Å²) in [5.41, 5.74) is 8.48. The predicted octanol–water partition coefficient (Wildman–Crippen LogP) is 2.94. The molecule has 0 spiro atoms. The van der Waals surface area contributed by atoms with Gasteiger partial charge in [0, 0.05) is 29.4 Å². The van der Waals surface area contributed by atoms with Crippen LogP contribution in [0.25, 0.3) is 11.3 Å². The third-order valence-corrected chi connectivity index (χ3v) is 4.05. The van der Waals surface area contributed by atoms with E-state index in [1.165, 1.54) is 0 Å². The number of anilines is 1. The molecule has 0 bridgehead atoms. The monoisotopic (exact) mass is 332 g/mol. The molecule has 5 nitrogen and oxygen atoms in total. The van der Waals surface area contributed by atoms with E-state index in [2.05, 4.69) is 15.3 Å². The fourth-order valence-corrected chi connectivity index (χ4v) is 2.87. The van der Waals surface area contributed by atoms with Gasteiger partial charge in [-0.3, -0.25) is 4.79 Å². The van der Waals surface area contributed by atoms with Crippen molar-refractivity contribution in [2.24, 2.45) is 11.7 Å². The topological polar surface area (TPSA) is 80.9 Å². The lowest BCUT2D eigenvalue weighted by Gasteiger charge is -2.11. The number of amides is 1. The first-order valence-electron chi connectivity index (χ1n) is 7.58. The lowest BCUT2D eigenvalue weighted by molar-refractivity contribution is -0.119. The summed E-state index contributed by atoms with van der Waals surface area (Å²) in [6.45, 7) is 1.86. The Bertz CT molecular complexity index is 692. The highest BCUT2D eigenvalue weighted by molar-refractivity contribution is 5.93. The van der Waals surface area contributed by atoms with Gasteiger partial charge in [0.1, 0.15) is 5.82 Å². The van der Waals surface area contributed by atoms with Crippen molar-refractivity contribution >= 4 is 24.0 Å². The van der Waals surface area contributed by atoms with Crippen LogP contribution in [0.5, 0.6) is 0 Å². The summed E-state index contributed by atoms with van der Waals surface area (Å²) in [6.07, 6.45) is 4.32. The molecule has 6 heteroatoms. The average molecular weight is 333 g/mol. The zero-order valence-corrected chi connectivity index (χ0v) is 13.8. The molecule has 1 saturated carbocycles. The molecule has 3 N–H and O–H groups in total. The summed E-state index contributed by atoms with van der Waals surface area (Å²) in [5.74, 6) is 0.816. The number of nitrogens with zero attached hydrogens (tertiary/aromatic N) is 2. The van der Waals surface area contributed by atoms with Gasteiger partial charge >= 0.3 is 0 Å². The second-order valence-electron chi connectivity index (χ2n) is 5.83. The number of aromatic nitrogens is 2. The SMILES string of the molecule is Cc1nccc(-c2cccc(NC(=O)C3CCC(N)C3)c2)n1.Cl. The molecule has 1 aliphatic rings. The number of nitrogens with two attached hydrogens (primary N) is 1. The molecule has 2 aromatic rings. The maximum atomic E-state index is 12.3. The number of carbonyl (C=O) groups is 1. The summed E-state index contributed by atoms with van der Waals surface area (Å²) in [4.78, 5) is 20.8. The number of carbonyl (C=O) groups excluding carboxylic acids is 1. The van der Waals surface area contributed by atoms with Gasteiger partial charge in [-0.05, 0) is 44.4 Å². The predicted molar refractivity (Wildman–Crippen MR) is 93.4 cm³/mol. The molecule has 3 rings (SSSR count). The standard InChI is InChI=1S/C17H20N4O.ClH/c1-11-19-8-7-16(20-11)12-3-2-4-15(10-12)21-17(22)13-5-6-14(18)9-13;/h2-4,7-8,10,13-14H,5-6,9,18H2,1H3,(H,21,22);1H. The third-order valence-electron chi connectivity index (χ3n) is 4.05. The number of halogens is 1. The number of rotatable bonds is 3. The Labute approximate surface area is 142 Å². The second-order valence-corrected chi connectivity index (χ2v) is 5.83. The molecule has 1 aromatic carbocycles. The molecular formula is C17H21ClN4O. The van der Waals surface area contributed by atoms with E-state index in [4.69, 9.17) is 5.73 Å². The Morgan fingerprint density at radius 2 is 2.13 bits per heavy atom. The Balaban J connectivity index is 0.00000192. The number of benzene rings is 1. The van der Waals surface area contributed by atoms with Gasteiger partial charge in [-0.25, -0.2) is 9.97 Å². The molecule has 1 heterocycles. The Kier molecular flexibility index (Phi) is 5.69. The van der Waals surface area contributed by atoms with Gasteiger partial charge in [-0.1, -0.05) is 12.1 Å². The number of nitrogens with one attached hydrogen (secondary N) is 1. The molecule has 1 fully saturated rings. The van der Waals surface area contributed by atoms with Crippen LogP contribution in [0, 0.1) is 12.8 Å². The van der Waals surface area contributed by atoms with Crippen LogP contribution in [0.1, 0.15) is 25.1 Å². The largest absolute Gasteiger partial charge is 0.328 e. The maximum Gasteiger partial charge on any atom is 0.227 e. The van der Waals surface area contributed by atoms with Crippen LogP contribution in [-0.2, 0) is 4.79 Å². The highest BCUT2D eigenvalue weighted by Crippen LogP contribution is 2.26. The quantitative estimate of drug-likeness (QED) is 0.905. The molecule has 2 atom stereocenters. The molecular weight excluding hydrogens is 312 g/mol. The first kappa shape index (κ1) is 17.4. The van der Waals surface area contributed by atoms with Crippen molar-refractivity contribution in [2.45, 2.75) is 32.2 Å². The van der Waals surface area contributed by atoms with E-state index < -0.39 is 0 Å². The molecule has 0 radical (unpaired) electrons. The Morgan fingerprint density at radius 1 is 1.30 bits per heavy atom. The van der Waals surface area contributed by atoms with Crippen LogP contribution >= 0.6 is 12.4 Å². The fraction of sp³-hybridized carbons (Fsp3) is 0.353. The summed E-state index contributed by atoms with van der Waals surface area (Å²) in [5, 5.41) is 2.99. The maximum absolute atomic E-state index is 12.3. The number of hydrogen-bond acceptors (Lipinski definition) is 4. The molecule has 1 amide bonds. The van der Waals surface area contributed by atoms with Crippen molar-refractivity contribution in [1.29, 1.82) is 0 Å². The average Bonchev–Trinajstić information content (AvgIpc) is 2.94. The van der Waals surface area contributed by atoms with Crippen LogP contribution in [-0.4, -0.2) is 21.9 Å². The normalized spacial score (nSPS) is 19.9. The molecule has 1 aliphatic carbocycles. The van der Waals surface area contributed by atoms with Crippen LogP contribution in [0.15, 0.2) is 36.5 Å². The van der Waals surface area contributed by atoms with Gasteiger partial charge in [-0.15, -0.1) is 12.4 Å². The fourth-order valence-electron chi connectivity index (χ4n) is 2.87. The van der Waals surface area contributed by atoms with Crippen LogP contribution in [0.2, 0.25) is 0 Å². The van der Waals surface area contributed by atoms with Gasteiger partial charge in [0.05, 0.1) is 5.69 Å². The zero-order valence-electron chi connectivity index (χ0n) is 13.0. The molecule has 0 saturated heterocycles. The Hall–Kier alpha value is -1.98. The van der Waals surface area contributed by atoms with Gasteiger partial charge in [-0.2, -0.15) is 0 Å². The lowest BCUT2D eigenvalue weighted by Crippen LogP contribution is -2.23. The van der Waals surface area contributed by atoms with E-state index in [9.17, 15) is 4.79 Å². The van der Waals surface area contributed by atoms with E-state index in [1.54, 1.807) is 6.20 Å². The van der Waals surface area contributed by atoms with E-state index in [1.807, 2.05) is 37.3 Å². The van der Waals surface area contributed by atoms with Crippen LogP contribution in [0.3, 0.4) is 0 Å². The highest BCUT2D eigenvalue weighted by atomic mass is 35.5. The van der Waals surface area contributed by atoms with Gasteiger partial charge in [0.2, 0.25) is 5.91 Å². The van der Waals surface area contributed by atoms with Gasteiger partial charge in [0.25, 0.3) is 0 Å². The molecule has 23 heavy (non-hydrogen) atoms. The molecule has 1 aromatic heterocycles. The van der Waals surface area contributed by atoms with Crippen LogP contribution < -0.4 is 11.1 Å². The minimum Gasteiger partial charge on any atom is -0.328 e. The first-order chi connectivity index (χ1) is 10.6. The van der Waals surface area contributed by atoms with Crippen molar-refractivity contribution in [3.8, 4) is 11.3 Å². The van der Waals surface area contributed by atoms with Crippen molar-refractivity contribution < 1.29 is 4.79 Å². The molecule has 2 unspecified atom stereocenters. The van der Waals surface area contributed by atoms with Crippen molar-refractivity contribution in [1.82, 2.24) is 9.97 Å². The van der Waals surface area contributed by atoms with E-state index in [0.717, 1.165) is 42.0 Å². The number of hydrogen-bond donors (Lipinski definition) is 2. The van der Waals surface area contributed by atoms with Crippen LogP contribution in [0.4, 0.5) is 5.69 Å². The zero-order chi connectivity index (χ0) is 15.5. The summed E-state index contributed by atoms with van der Waals surface area (Å²) < 4.78 is 0. The Morgan fingerprint density at radius 3 is 2.83 bits per heavy atom. The molecule has 0 aliphatic heterocycles. The first-order valence-corrected chi connectivity index (χ1v) is 7.58. The summed E-state index contributed by atoms with van der Waals surface area (Å²) in [7, 11) is 0. The minimum atomic E-state index is 0. The smallest absolute Gasteiger partial charge is 0.227 e. The summed E-state index contributed by atoms with van der Waals surface area (Å²) >= 11 is 0. The van der Waals surface area contributed by atoms with Crippen molar-refractivity contribution in [3.05, 3.63) is 42.4 Å². The summed E-state index contributed by atoms with van der Waals surface area (Å²) in [6, 6.07) is 9.75. The van der Waals surface area contributed by atoms with Crippen molar-refractivity contribution in [3.63, 3.8) is 0 Å². The highest BCUT2D eigenvalue weighted by Gasteiger charge is 2.27. The van der Waals surface area contributed by atoms with Gasteiger partial charge < -0.3 is 11.1 Å². The number of aryl methyl sites for hydroxylation is 1. The second kappa shape index (κ2) is 7.53. The van der Waals surface area contributed by atoms with Gasteiger partial charge in [0.15, 0.2) is 0 Å². The minimum absolute atomic E-state index is 0.